The third kappa shape index (κ3) is 2.44. The highest BCUT2D eigenvalue weighted by Gasteiger charge is 2.22. The highest BCUT2D eigenvalue weighted by atomic mass is 16.2. The lowest BCUT2D eigenvalue weighted by atomic mass is 9.97. The van der Waals surface area contributed by atoms with E-state index in [1.165, 1.54) is 0 Å². The summed E-state index contributed by atoms with van der Waals surface area (Å²) in [5, 5.41) is 14.2. The van der Waals surface area contributed by atoms with Crippen LogP contribution in [0.15, 0.2) is 18.3 Å². The van der Waals surface area contributed by atoms with Crippen LogP contribution in [0.1, 0.15) is 18.4 Å². The van der Waals surface area contributed by atoms with Gasteiger partial charge in [0.05, 0.1) is 0 Å². The number of piperidine rings is 1. The molecule has 3 heterocycles. The molecule has 0 atom stereocenters. The van der Waals surface area contributed by atoms with Gasteiger partial charge in [0.15, 0.2) is 5.65 Å². The van der Waals surface area contributed by atoms with Gasteiger partial charge in [0.2, 0.25) is 11.9 Å². The number of rotatable bonds is 2. The molecule has 2 aromatic rings. The van der Waals surface area contributed by atoms with Gasteiger partial charge in [-0.05, 0) is 50.6 Å². The lowest BCUT2D eigenvalue weighted by Crippen LogP contribution is -2.34. The van der Waals surface area contributed by atoms with Crippen molar-refractivity contribution in [1.82, 2.24) is 19.9 Å². The maximum atomic E-state index is 12.2. The normalized spacial score (nSPS) is 16.7. The minimum Gasteiger partial charge on any atom is -0.317 e. The Kier molecular flexibility index (Phi) is 3.16. The van der Waals surface area contributed by atoms with E-state index in [1.807, 2.05) is 25.3 Å². The highest BCUT2D eigenvalue weighted by Crippen LogP contribution is 2.15. The number of carbonyl (C=O) groups excluding carboxylic acids is 1. The van der Waals surface area contributed by atoms with Crippen molar-refractivity contribution in [3.8, 4) is 0 Å². The molecule has 1 aliphatic heterocycles. The summed E-state index contributed by atoms with van der Waals surface area (Å²) in [4.78, 5) is 12.2. The molecule has 2 aromatic heterocycles. The number of anilines is 1. The fourth-order valence-electron chi connectivity index (χ4n) is 2.37. The molecular formula is C13H17N5O. The Morgan fingerprint density at radius 1 is 1.42 bits per heavy atom. The summed E-state index contributed by atoms with van der Waals surface area (Å²) in [6.07, 6.45) is 3.63. The molecule has 2 N–H and O–H groups in total. The summed E-state index contributed by atoms with van der Waals surface area (Å²) in [5.41, 5.74) is 1.87. The van der Waals surface area contributed by atoms with Gasteiger partial charge in [-0.3, -0.25) is 14.5 Å². The van der Waals surface area contributed by atoms with Crippen LogP contribution in [0.4, 0.5) is 5.95 Å². The predicted octanol–water partition coefficient (Wildman–Crippen LogP) is 0.976. The van der Waals surface area contributed by atoms with Gasteiger partial charge in [0.1, 0.15) is 0 Å². The zero-order valence-electron chi connectivity index (χ0n) is 10.9. The van der Waals surface area contributed by atoms with Gasteiger partial charge < -0.3 is 5.32 Å². The van der Waals surface area contributed by atoms with E-state index in [0.717, 1.165) is 37.1 Å². The number of aryl methyl sites for hydroxylation is 1. The van der Waals surface area contributed by atoms with Crippen LogP contribution in [-0.4, -0.2) is 33.6 Å². The van der Waals surface area contributed by atoms with Crippen LogP contribution >= 0.6 is 0 Å². The van der Waals surface area contributed by atoms with E-state index >= 15 is 0 Å². The number of nitrogens with zero attached hydrogens (tertiary/aromatic N) is 3. The number of fused-ring (bicyclic) bond motifs is 1. The summed E-state index contributed by atoms with van der Waals surface area (Å²) < 4.78 is 1.80. The first-order valence-electron chi connectivity index (χ1n) is 6.57. The summed E-state index contributed by atoms with van der Waals surface area (Å²) in [7, 11) is 0. The van der Waals surface area contributed by atoms with Gasteiger partial charge in [-0.25, -0.2) is 0 Å². The van der Waals surface area contributed by atoms with Crippen LogP contribution in [0.3, 0.4) is 0 Å². The fraction of sp³-hybridized carbons (Fsp3) is 0.462. The van der Waals surface area contributed by atoms with Crippen LogP contribution in [0.2, 0.25) is 0 Å². The number of pyridine rings is 1. The number of amides is 1. The van der Waals surface area contributed by atoms with E-state index in [0.29, 0.717) is 5.95 Å². The molecule has 0 radical (unpaired) electrons. The van der Waals surface area contributed by atoms with E-state index in [4.69, 9.17) is 0 Å². The molecule has 0 aliphatic carbocycles. The van der Waals surface area contributed by atoms with Crippen molar-refractivity contribution < 1.29 is 4.79 Å². The van der Waals surface area contributed by atoms with Crippen LogP contribution in [0.5, 0.6) is 0 Å². The number of nitrogens with one attached hydrogen (secondary N) is 2. The molecule has 0 saturated carbocycles. The summed E-state index contributed by atoms with van der Waals surface area (Å²) >= 11 is 0. The van der Waals surface area contributed by atoms with Gasteiger partial charge in [-0.2, -0.15) is 0 Å². The Bertz CT molecular complexity index is 600. The van der Waals surface area contributed by atoms with Crippen molar-refractivity contribution in [2.45, 2.75) is 19.8 Å². The Morgan fingerprint density at radius 2 is 2.21 bits per heavy atom. The average Bonchev–Trinajstić information content (AvgIpc) is 2.82. The van der Waals surface area contributed by atoms with Gasteiger partial charge in [0, 0.05) is 12.1 Å². The lowest BCUT2D eigenvalue weighted by Gasteiger charge is -2.21. The molecule has 0 bridgehead atoms. The summed E-state index contributed by atoms with van der Waals surface area (Å²) in [6, 6.07) is 3.91. The first-order valence-corrected chi connectivity index (χ1v) is 6.57. The van der Waals surface area contributed by atoms with Crippen molar-refractivity contribution in [3.05, 3.63) is 23.9 Å². The zero-order chi connectivity index (χ0) is 13.2. The summed E-state index contributed by atoms with van der Waals surface area (Å²) in [6.45, 7) is 3.80. The SMILES string of the molecule is Cc1ccn2c(NC(=O)C3CCNCC3)nnc2c1. The van der Waals surface area contributed by atoms with E-state index in [2.05, 4.69) is 20.8 Å². The second-order valence-electron chi connectivity index (χ2n) is 4.97. The van der Waals surface area contributed by atoms with Crippen molar-refractivity contribution in [2.75, 3.05) is 18.4 Å². The number of hydrogen-bond acceptors (Lipinski definition) is 4. The van der Waals surface area contributed by atoms with Gasteiger partial charge in [-0.15, -0.1) is 10.2 Å². The number of aromatic nitrogens is 3. The number of carbonyl (C=O) groups is 1. The average molecular weight is 259 g/mol. The summed E-state index contributed by atoms with van der Waals surface area (Å²) in [5.74, 6) is 0.606. The predicted molar refractivity (Wildman–Crippen MR) is 71.9 cm³/mol. The maximum Gasteiger partial charge on any atom is 0.235 e. The van der Waals surface area contributed by atoms with Gasteiger partial charge in [-0.1, -0.05) is 0 Å². The van der Waals surface area contributed by atoms with Crippen molar-refractivity contribution in [3.63, 3.8) is 0 Å². The Labute approximate surface area is 111 Å². The van der Waals surface area contributed by atoms with Crippen LogP contribution in [-0.2, 0) is 4.79 Å². The molecular weight excluding hydrogens is 242 g/mol. The first kappa shape index (κ1) is 12.1. The topological polar surface area (TPSA) is 71.3 Å². The second kappa shape index (κ2) is 4.97. The molecule has 6 heteroatoms. The van der Waals surface area contributed by atoms with E-state index in [1.54, 1.807) is 4.40 Å². The molecule has 6 nitrogen and oxygen atoms in total. The highest BCUT2D eigenvalue weighted by molar-refractivity contribution is 5.91. The van der Waals surface area contributed by atoms with Gasteiger partial charge >= 0.3 is 0 Å². The Morgan fingerprint density at radius 3 is 3.00 bits per heavy atom. The Balaban J connectivity index is 1.79. The largest absolute Gasteiger partial charge is 0.317 e. The molecule has 1 amide bonds. The monoisotopic (exact) mass is 259 g/mol. The standard InChI is InChI=1S/C13H17N5O/c1-9-4-7-18-11(8-9)16-17-13(18)15-12(19)10-2-5-14-6-3-10/h4,7-8,10,14H,2-3,5-6H2,1H3,(H,15,17,19). The molecule has 0 unspecified atom stereocenters. The minimum absolute atomic E-state index is 0.0383. The molecule has 3 rings (SSSR count). The van der Waals surface area contributed by atoms with E-state index in [-0.39, 0.29) is 11.8 Å². The maximum absolute atomic E-state index is 12.2. The molecule has 19 heavy (non-hydrogen) atoms. The lowest BCUT2D eigenvalue weighted by molar-refractivity contribution is -0.120. The molecule has 1 aliphatic rings. The van der Waals surface area contributed by atoms with Crippen LogP contribution < -0.4 is 10.6 Å². The second-order valence-corrected chi connectivity index (χ2v) is 4.97. The third-order valence-electron chi connectivity index (χ3n) is 3.51. The third-order valence-corrected chi connectivity index (χ3v) is 3.51. The molecule has 0 spiro atoms. The molecule has 0 aromatic carbocycles. The van der Waals surface area contributed by atoms with E-state index in [9.17, 15) is 4.79 Å². The van der Waals surface area contributed by atoms with Crippen LogP contribution in [0.25, 0.3) is 5.65 Å². The van der Waals surface area contributed by atoms with Crippen molar-refractivity contribution in [1.29, 1.82) is 0 Å². The Hall–Kier alpha value is -1.95. The van der Waals surface area contributed by atoms with Gasteiger partial charge in [0.25, 0.3) is 0 Å². The van der Waals surface area contributed by atoms with Crippen molar-refractivity contribution >= 4 is 17.5 Å². The molecule has 1 fully saturated rings. The van der Waals surface area contributed by atoms with E-state index < -0.39 is 0 Å². The zero-order valence-corrected chi connectivity index (χ0v) is 10.9. The molecule has 100 valence electrons. The minimum atomic E-state index is 0.0383. The molecule has 1 saturated heterocycles. The smallest absolute Gasteiger partial charge is 0.235 e. The quantitative estimate of drug-likeness (QED) is 0.843. The van der Waals surface area contributed by atoms with Crippen molar-refractivity contribution in [2.24, 2.45) is 5.92 Å². The first-order chi connectivity index (χ1) is 9.24. The number of hydrogen-bond donors (Lipinski definition) is 2. The van der Waals surface area contributed by atoms with Crippen LogP contribution in [0, 0.1) is 12.8 Å². The fourth-order valence-corrected chi connectivity index (χ4v) is 2.37.